The molecule has 0 spiro atoms. The van der Waals surface area contributed by atoms with Crippen LogP contribution < -0.4 is 0 Å². The Balaban J connectivity index is 1.54. The summed E-state index contributed by atoms with van der Waals surface area (Å²) in [6, 6.07) is 25.4. The monoisotopic (exact) mass is 386 g/mol. The van der Waals surface area contributed by atoms with Gasteiger partial charge in [-0.2, -0.15) is 0 Å². The molecule has 0 saturated heterocycles. The van der Waals surface area contributed by atoms with Gasteiger partial charge in [0.1, 0.15) is 5.52 Å². The Bertz CT molecular complexity index is 1540. The van der Waals surface area contributed by atoms with Crippen LogP contribution in [0, 0.1) is 6.92 Å². The van der Waals surface area contributed by atoms with Crippen molar-refractivity contribution in [2.24, 2.45) is 0 Å². The van der Waals surface area contributed by atoms with Crippen molar-refractivity contribution in [1.82, 2.24) is 9.97 Å². The normalized spacial score (nSPS) is 11.5. The van der Waals surface area contributed by atoms with Gasteiger partial charge in [-0.15, -0.1) is 0 Å². The van der Waals surface area contributed by atoms with Gasteiger partial charge in [0.05, 0.1) is 12.0 Å². The van der Waals surface area contributed by atoms with Gasteiger partial charge in [0, 0.05) is 34.3 Å². The number of fused-ring (bicyclic) bond motifs is 4. The highest BCUT2D eigenvalue weighted by atomic mass is 16.3. The van der Waals surface area contributed by atoms with Crippen LogP contribution >= 0.6 is 0 Å². The van der Waals surface area contributed by atoms with E-state index in [9.17, 15) is 0 Å². The number of hydrogen-bond acceptors (Lipinski definition) is 3. The number of nitrogens with zero attached hydrogens (tertiary/aromatic N) is 2. The zero-order valence-electron chi connectivity index (χ0n) is 16.5. The van der Waals surface area contributed by atoms with Crippen molar-refractivity contribution in [2.75, 3.05) is 0 Å². The molecule has 0 aliphatic carbocycles. The Hall–Kier alpha value is -3.98. The minimum absolute atomic E-state index is 0.820. The van der Waals surface area contributed by atoms with Gasteiger partial charge in [-0.25, -0.2) is 0 Å². The van der Waals surface area contributed by atoms with Gasteiger partial charge < -0.3 is 4.42 Å². The second kappa shape index (κ2) is 6.53. The zero-order valence-corrected chi connectivity index (χ0v) is 16.5. The number of hydrogen-bond donors (Lipinski definition) is 0. The molecule has 0 fully saturated rings. The van der Waals surface area contributed by atoms with E-state index in [0.29, 0.717) is 0 Å². The number of furan rings is 1. The predicted molar refractivity (Wildman–Crippen MR) is 122 cm³/mol. The maximum Gasteiger partial charge on any atom is 0.160 e. The van der Waals surface area contributed by atoms with E-state index in [2.05, 4.69) is 78.6 Å². The molecular weight excluding hydrogens is 368 g/mol. The molecule has 142 valence electrons. The molecule has 3 heteroatoms. The first-order chi connectivity index (χ1) is 14.8. The topological polar surface area (TPSA) is 38.9 Å². The van der Waals surface area contributed by atoms with Crippen LogP contribution in [0.4, 0.5) is 0 Å². The molecular formula is C27H18N2O. The summed E-state index contributed by atoms with van der Waals surface area (Å²) in [5.74, 6) is 0. The van der Waals surface area contributed by atoms with Gasteiger partial charge in [-0.3, -0.25) is 9.97 Å². The lowest BCUT2D eigenvalue weighted by molar-refractivity contribution is 0.618. The minimum atomic E-state index is 0.820. The Kier molecular flexibility index (Phi) is 3.68. The summed E-state index contributed by atoms with van der Waals surface area (Å²) in [7, 11) is 0. The first-order valence-electron chi connectivity index (χ1n) is 9.99. The molecule has 0 atom stereocenters. The molecule has 0 unspecified atom stereocenters. The van der Waals surface area contributed by atoms with E-state index in [1.165, 1.54) is 16.3 Å². The molecule has 0 saturated carbocycles. The van der Waals surface area contributed by atoms with Crippen molar-refractivity contribution < 1.29 is 4.42 Å². The Morgan fingerprint density at radius 3 is 2.50 bits per heavy atom. The highest BCUT2D eigenvalue weighted by molar-refractivity contribution is 6.09. The summed E-state index contributed by atoms with van der Waals surface area (Å²) in [5, 5.41) is 4.56. The van der Waals surface area contributed by atoms with E-state index in [1.807, 2.05) is 18.5 Å². The van der Waals surface area contributed by atoms with Crippen LogP contribution in [0.15, 0.2) is 95.9 Å². The minimum Gasteiger partial charge on any atom is -0.462 e. The number of benzene rings is 3. The average Bonchev–Trinajstić information content (AvgIpc) is 3.27. The van der Waals surface area contributed by atoms with Crippen LogP contribution in [0.1, 0.15) is 5.56 Å². The Labute approximate surface area is 173 Å². The molecule has 0 aliphatic rings. The number of aryl methyl sites for hydroxylation is 1. The van der Waals surface area contributed by atoms with Crippen LogP contribution in [-0.2, 0) is 0 Å². The number of rotatable bonds is 2. The lowest BCUT2D eigenvalue weighted by Gasteiger charge is -2.10. The number of aromatic nitrogens is 2. The standard InChI is InChI=1S/C27H18N2O/c1-17-13-24-23(14-19-11-12-30-27(19)26(24)29-15-17)25-10-9-20(16-28-25)22-8-4-6-18-5-2-3-7-21(18)22/h2-16H,1H3. The van der Waals surface area contributed by atoms with Crippen molar-refractivity contribution >= 4 is 32.6 Å². The third kappa shape index (κ3) is 2.60. The predicted octanol–water partition coefficient (Wildman–Crippen LogP) is 7.17. The molecule has 0 bridgehead atoms. The summed E-state index contributed by atoms with van der Waals surface area (Å²) < 4.78 is 5.70. The van der Waals surface area contributed by atoms with Gasteiger partial charge in [-0.05, 0) is 53.1 Å². The van der Waals surface area contributed by atoms with Crippen LogP contribution in [0.3, 0.4) is 0 Å². The fourth-order valence-electron chi connectivity index (χ4n) is 4.22. The second-order valence-corrected chi connectivity index (χ2v) is 7.63. The zero-order chi connectivity index (χ0) is 20.1. The summed E-state index contributed by atoms with van der Waals surface area (Å²) in [6.07, 6.45) is 5.56. The summed E-state index contributed by atoms with van der Waals surface area (Å²) in [6.45, 7) is 2.06. The van der Waals surface area contributed by atoms with Crippen molar-refractivity contribution in [3.05, 3.63) is 97.0 Å². The third-order valence-electron chi connectivity index (χ3n) is 5.67. The molecule has 3 heterocycles. The molecule has 3 nitrogen and oxygen atoms in total. The van der Waals surface area contributed by atoms with Gasteiger partial charge in [0.2, 0.25) is 0 Å². The molecule has 0 N–H and O–H groups in total. The fraction of sp³-hybridized carbons (Fsp3) is 0.0370. The van der Waals surface area contributed by atoms with Crippen molar-refractivity contribution in [3.63, 3.8) is 0 Å². The molecule has 0 radical (unpaired) electrons. The van der Waals surface area contributed by atoms with E-state index in [4.69, 9.17) is 9.40 Å². The molecule has 6 rings (SSSR count). The molecule has 30 heavy (non-hydrogen) atoms. The van der Waals surface area contributed by atoms with Crippen molar-refractivity contribution in [3.8, 4) is 22.4 Å². The van der Waals surface area contributed by atoms with E-state index in [0.717, 1.165) is 44.3 Å². The van der Waals surface area contributed by atoms with Gasteiger partial charge in [-0.1, -0.05) is 48.5 Å². The van der Waals surface area contributed by atoms with E-state index >= 15 is 0 Å². The molecule has 3 aromatic carbocycles. The third-order valence-corrected chi connectivity index (χ3v) is 5.67. The van der Waals surface area contributed by atoms with Gasteiger partial charge in [0.15, 0.2) is 5.58 Å². The quantitative estimate of drug-likeness (QED) is 0.317. The largest absolute Gasteiger partial charge is 0.462 e. The lowest BCUT2D eigenvalue weighted by atomic mass is 9.98. The summed E-state index contributed by atoms with van der Waals surface area (Å²) >= 11 is 0. The smallest absolute Gasteiger partial charge is 0.160 e. The van der Waals surface area contributed by atoms with E-state index in [-0.39, 0.29) is 0 Å². The van der Waals surface area contributed by atoms with Crippen molar-refractivity contribution in [1.29, 1.82) is 0 Å². The van der Waals surface area contributed by atoms with Crippen molar-refractivity contribution in [2.45, 2.75) is 6.92 Å². The summed E-state index contributed by atoms with van der Waals surface area (Å²) in [5.41, 5.74) is 7.11. The van der Waals surface area contributed by atoms with E-state index < -0.39 is 0 Å². The van der Waals surface area contributed by atoms with Crippen LogP contribution in [0.5, 0.6) is 0 Å². The Morgan fingerprint density at radius 2 is 1.60 bits per heavy atom. The number of pyridine rings is 2. The fourth-order valence-corrected chi connectivity index (χ4v) is 4.22. The SMILES string of the molecule is Cc1cnc2c(c1)c(-c1ccc(-c3cccc4ccccc34)cn1)cc1ccoc12. The average molecular weight is 386 g/mol. The maximum absolute atomic E-state index is 5.70. The first-order valence-corrected chi connectivity index (χ1v) is 9.99. The molecule has 3 aromatic heterocycles. The van der Waals surface area contributed by atoms with E-state index in [1.54, 1.807) is 6.26 Å². The highest BCUT2D eigenvalue weighted by Crippen LogP contribution is 2.35. The first kappa shape index (κ1) is 16.9. The molecule has 6 aromatic rings. The lowest BCUT2D eigenvalue weighted by Crippen LogP contribution is -1.90. The Morgan fingerprint density at radius 1 is 0.700 bits per heavy atom. The second-order valence-electron chi connectivity index (χ2n) is 7.63. The maximum atomic E-state index is 5.70. The highest BCUT2D eigenvalue weighted by Gasteiger charge is 2.13. The van der Waals surface area contributed by atoms with Crippen LogP contribution in [0.2, 0.25) is 0 Å². The van der Waals surface area contributed by atoms with Gasteiger partial charge in [0.25, 0.3) is 0 Å². The molecule has 0 amide bonds. The summed E-state index contributed by atoms with van der Waals surface area (Å²) in [4.78, 5) is 9.49. The van der Waals surface area contributed by atoms with Crippen LogP contribution in [-0.4, -0.2) is 9.97 Å². The van der Waals surface area contributed by atoms with Gasteiger partial charge >= 0.3 is 0 Å². The van der Waals surface area contributed by atoms with Crippen LogP contribution in [0.25, 0.3) is 55.0 Å². The molecule has 0 aliphatic heterocycles.